The van der Waals surface area contributed by atoms with E-state index < -0.39 is 12.1 Å². The van der Waals surface area contributed by atoms with E-state index in [0.717, 1.165) is 11.1 Å². The minimum atomic E-state index is -0.752. The van der Waals surface area contributed by atoms with Crippen molar-refractivity contribution in [3.05, 3.63) is 83.2 Å². The fourth-order valence-corrected chi connectivity index (χ4v) is 4.29. The maximum absolute atomic E-state index is 13.3. The van der Waals surface area contributed by atoms with E-state index in [-0.39, 0.29) is 49.2 Å². The van der Waals surface area contributed by atoms with Crippen LogP contribution in [0.4, 0.5) is 10.6 Å². The van der Waals surface area contributed by atoms with Crippen LogP contribution in [0.3, 0.4) is 0 Å². The van der Waals surface area contributed by atoms with E-state index in [1.54, 1.807) is 49.4 Å². The van der Waals surface area contributed by atoms with Gasteiger partial charge >= 0.3 is 12.1 Å². The summed E-state index contributed by atoms with van der Waals surface area (Å²) in [7, 11) is 0. The number of nitrogens with two attached hydrogens (primary N) is 1. The molecule has 0 unspecified atom stereocenters. The number of rotatable bonds is 11. The largest absolute Gasteiger partial charge is 0.466 e. The van der Waals surface area contributed by atoms with Crippen LogP contribution in [-0.4, -0.2) is 52.0 Å². The van der Waals surface area contributed by atoms with Gasteiger partial charge in [0.25, 0.3) is 0 Å². The standard InChI is InChI=1S/C29H30N6O5/c1-3-39-26(37)14-16-35(25-5-4-15-32-34-25)29(38)40-21-11-12-23-22(17-21)27(18(2)33-23)24(36)13-8-19-6-9-20(10-7-19)28(30)31/h4-7,9-12,15,17,33H,3,8,13-14,16H2,1-2H3,(H3,30,31). The third-order valence-electron chi connectivity index (χ3n) is 6.25. The summed E-state index contributed by atoms with van der Waals surface area (Å²) in [6.45, 7) is 3.75. The number of esters is 1. The summed E-state index contributed by atoms with van der Waals surface area (Å²) >= 11 is 0. The van der Waals surface area contributed by atoms with Crippen molar-refractivity contribution in [2.24, 2.45) is 5.73 Å². The number of carbonyl (C=O) groups is 3. The van der Waals surface area contributed by atoms with Gasteiger partial charge in [-0.25, -0.2) is 4.79 Å². The van der Waals surface area contributed by atoms with Gasteiger partial charge in [-0.05, 0) is 56.2 Å². The van der Waals surface area contributed by atoms with E-state index in [1.165, 1.54) is 11.1 Å². The smallest absolute Gasteiger partial charge is 0.421 e. The second-order valence-corrected chi connectivity index (χ2v) is 9.02. The first-order valence-corrected chi connectivity index (χ1v) is 12.8. The first kappa shape index (κ1) is 28.0. The van der Waals surface area contributed by atoms with Crippen LogP contribution >= 0.6 is 0 Å². The Morgan fingerprint density at radius 1 is 1.07 bits per heavy atom. The van der Waals surface area contributed by atoms with E-state index in [9.17, 15) is 14.4 Å². The van der Waals surface area contributed by atoms with Gasteiger partial charge in [-0.2, -0.15) is 5.10 Å². The SMILES string of the molecule is CCOC(=O)CCN(C(=O)Oc1ccc2[nH]c(C)c(C(=O)CCc3ccc(C(=N)N)cc3)c2c1)c1cccnn1. The van der Waals surface area contributed by atoms with Gasteiger partial charge in [0.2, 0.25) is 0 Å². The molecule has 0 bridgehead atoms. The molecule has 0 saturated carbocycles. The summed E-state index contributed by atoms with van der Waals surface area (Å²) < 4.78 is 10.6. The second kappa shape index (κ2) is 12.7. The highest BCUT2D eigenvalue weighted by atomic mass is 16.6. The molecule has 0 saturated heterocycles. The summed E-state index contributed by atoms with van der Waals surface area (Å²) in [5, 5.41) is 15.9. The fourth-order valence-electron chi connectivity index (χ4n) is 4.29. The van der Waals surface area contributed by atoms with Crippen molar-refractivity contribution in [2.45, 2.75) is 33.1 Å². The number of nitrogens with zero attached hydrogens (tertiary/aromatic N) is 3. The number of fused-ring (bicyclic) bond motifs is 1. The third-order valence-corrected chi connectivity index (χ3v) is 6.25. The number of carbonyl (C=O) groups excluding carboxylic acids is 3. The minimum Gasteiger partial charge on any atom is -0.466 e. The Balaban J connectivity index is 1.51. The van der Waals surface area contributed by atoms with E-state index in [0.29, 0.717) is 28.6 Å². The molecular weight excluding hydrogens is 512 g/mol. The number of aromatic amines is 1. The van der Waals surface area contributed by atoms with Crippen LogP contribution in [0.5, 0.6) is 5.75 Å². The molecule has 0 atom stereocenters. The number of aryl methyl sites for hydroxylation is 2. The molecule has 0 spiro atoms. The van der Waals surface area contributed by atoms with Crippen molar-refractivity contribution in [3.63, 3.8) is 0 Å². The number of amides is 1. The number of aromatic nitrogens is 3. The van der Waals surface area contributed by atoms with Gasteiger partial charge in [-0.1, -0.05) is 24.3 Å². The second-order valence-electron chi connectivity index (χ2n) is 9.02. The fraction of sp³-hybridized carbons (Fsp3) is 0.241. The lowest BCUT2D eigenvalue weighted by Crippen LogP contribution is -2.36. The number of benzene rings is 2. The van der Waals surface area contributed by atoms with Crippen LogP contribution in [-0.2, 0) is 16.0 Å². The number of Topliss-reactive ketones (excluding diaryl/α,β-unsaturated/α-hetero) is 1. The molecule has 11 heteroatoms. The average molecular weight is 543 g/mol. The molecule has 2 heterocycles. The van der Waals surface area contributed by atoms with Crippen LogP contribution in [0.1, 0.15) is 46.9 Å². The number of hydrogen-bond acceptors (Lipinski definition) is 8. The highest BCUT2D eigenvalue weighted by Crippen LogP contribution is 2.28. The average Bonchev–Trinajstić information content (AvgIpc) is 3.27. The first-order valence-electron chi connectivity index (χ1n) is 12.8. The van der Waals surface area contributed by atoms with Crippen LogP contribution in [0.2, 0.25) is 0 Å². The molecule has 40 heavy (non-hydrogen) atoms. The van der Waals surface area contributed by atoms with Crippen molar-refractivity contribution < 1.29 is 23.9 Å². The van der Waals surface area contributed by atoms with Crippen LogP contribution in [0, 0.1) is 12.3 Å². The lowest BCUT2D eigenvalue weighted by molar-refractivity contribution is -0.142. The molecule has 0 aliphatic carbocycles. The molecule has 0 aliphatic rings. The Morgan fingerprint density at radius 3 is 2.52 bits per heavy atom. The number of amidine groups is 1. The Hall–Kier alpha value is -5.06. The van der Waals surface area contributed by atoms with E-state index in [4.69, 9.17) is 20.6 Å². The molecule has 0 aliphatic heterocycles. The summed E-state index contributed by atoms with van der Waals surface area (Å²) in [5.41, 5.74) is 9.08. The third kappa shape index (κ3) is 6.68. The number of anilines is 1. The van der Waals surface area contributed by atoms with Gasteiger partial charge < -0.3 is 20.2 Å². The van der Waals surface area contributed by atoms with Gasteiger partial charge in [0.05, 0.1) is 13.0 Å². The molecule has 2 aromatic carbocycles. The molecule has 4 rings (SSSR count). The highest BCUT2D eigenvalue weighted by Gasteiger charge is 2.22. The summed E-state index contributed by atoms with van der Waals surface area (Å²) in [5.74, 6) is -0.0600. The zero-order chi connectivity index (χ0) is 28.6. The van der Waals surface area contributed by atoms with Crippen molar-refractivity contribution in [2.75, 3.05) is 18.1 Å². The normalized spacial score (nSPS) is 10.8. The summed E-state index contributed by atoms with van der Waals surface area (Å²) in [4.78, 5) is 42.8. The van der Waals surface area contributed by atoms with Gasteiger partial charge in [0.15, 0.2) is 11.6 Å². The van der Waals surface area contributed by atoms with E-state index >= 15 is 0 Å². The van der Waals surface area contributed by atoms with Crippen LogP contribution in [0.25, 0.3) is 10.9 Å². The molecule has 0 fully saturated rings. The molecule has 1 amide bonds. The number of nitrogens with one attached hydrogen (secondary N) is 2. The predicted molar refractivity (Wildman–Crippen MR) is 150 cm³/mol. The van der Waals surface area contributed by atoms with Crippen molar-refractivity contribution in [1.82, 2.24) is 15.2 Å². The van der Waals surface area contributed by atoms with Gasteiger partial charge in [0.1, 0.15) is 11.6 Å². The summed E-state index contributed by atoms with van der Waals surface area (Å²) in [6, 6.07) is 15.5. The molecule has 0 radical (unpaired) electrons. The zero-order valence-corrected chi connectivity index (χ0v) is 22.3. The van der Waals surface area contributed by atoms with Gasteiger partial charge in [-0.3, -0.25) is 19.9 Å². The number of nitrogen functional groups attached to an aromatic ring is 1. The number of ketones is 1. The molecule has 11 nitrogen and oxygen atoms in total. The molecule has 4 aromatic rings. The first-order chi connectivity index (χ1) is 19.3. The zero-order valence-electron chi connectivity index (χ0n) is 22.3. The topological polar surface area (TPSA) is 164 Å². The Kier molecular flexibility index (Phi) is 8.85. The number of H-pyrrole nitrogens is 1. The quantitative estimate of drug-likeness (QED) is 0.109. The maximum atomic E-state index is 13.3. The predicted octanol–water partition coefficient (Wildman–Crippen LogP) is 4.32. The Morgan fingerprint density at radius 2 is 1.85 bits per heavy atom. The monoisotopic (exact) mass is 542 g/mol. The molecular formula is C29H30N6O5. The van der Waals surface area contributed by atoms with E-state index in [1.807, 2.05) is 19.1 Å². The van der Waals surface area contributed by atoms with Crippen LogP contribution < -0.4 is 15.4 Å². The minimum absolute atomic E-state index is 0.00707. The van der Waals surface area contributed by atoms with Crippen molar-refractivity contribution in [1.29, 1.82) is 5.41 Å². The highest BCUT2D eigenvalue weighted by molar-refractivity contribution is 6.09. The van der Waals surface area contributed by atoms with E-state index in [2.05, 4.69) is 15.2 Å². The van der Waals surface area contributed by atoms with Crippen molar-refractivity contribution >= 4 is 40.4 Å². The van der Waals surface area contributed by atoms with Gasteiger partial charge in [-0.15, -0.1) is 5.10 Å². The molecule has 2 aromatic heterocycles. The summed E-state index contributed by atoms with van der Waals surface area (Å²) in [6.07, 6.45) is 1.46. The number of ether oxygens (including phenoxy) is 2. The molecule has 206 valence electrons. The number of hydrogen-bond donors (Lipinski definition) is 3. The lowest BCUT2D eigenvalue weighted by Gasteiger charge is -2.20. The lowest BCUT2D eigenvalue weighted by atomic mass is 9.99. The Labute approximate surface area is 230 Å². The maximum Gasteiger partial charge on any atom is 0.421 e. The van der Waals surface area contributed by atoms with Crippen molar-refractivity contribution in [3.8, 4) is 5.75 Å². The Bertz CT molecular complexity index is 1530. The molecule has 4 N–H and O–H groups in total. The van der Waals surface area contributed by atoms with Gasteiger partial charge in [0, 0.05) is 46.9 Å². The van der Waals surface area contributed by atoms with Crippen LogP contribution in [0.15, 0.2) is 60.8 Å².